The maximum atomic E-state index is 13.7. The number of imidazole rings is 1. The lowest BCUT2D eigenvalue weighted by molar-refractivity contribution is 0.0981. The highest BCUT2D eigenvalue weighted by Gasteiger charge is 2.44. The van der Waals surface area contributed by atoms with Crippen LogP contribution in [0.15, 0.2) is 55.2 Å². The maximum Gasteiger partial charge on any atom is 0.260 e. The Hall–Kier alpha value is -3.81. The second-order valence-electron chi connectivity index (χ2n) is 9.95. The second-order valence-corrected chi connectivity index (χ2v) is 9.95. The van der Waals surface area contributed by atoms with Crippen LogP contribution in [0.5, 0.6) is 0 Å². The highest BCUT2D eigenvalue weighted by Crippen LogP contribution is 2.43. The number of carbonyl (C=O) groups is 1. The van der Waals surface area contributed by atoms with E-state index in [1.54, 1.807) is 11.2 Å². The number of aromatic nitrogens is 6. The fourth-order valence-corrected chi connectivity index (χ4v) is 4.83. The molecule has 1 fully saturated rings. The number of hydrogen-bond donors (Lipinski definition) is 0. The normalized spacial score (nSPS) is 17.0. The molecule has 1 aromatic carbocycles. The van der Waals surface area contributed by atoms with Gasteiger partial charge in [0.1, 0.15) is 17.8 Å². The molecule has 172 valence electrons. The van der Waals surface area contributed by atoms with E-state index in [1.165, 1.54) is 12.8 Å². The highest BCUT2D eigenvalue weighted by atomic mass is 16.2. The molecule has 1 aliphatic heterocycles. The number of hydrogen-bond acceptors (Lipinski definition) is 5. The van der Waals surface area contributed by atoms with Gasteiger partial charge in [-0.1, -0.05) is 12.1 Å². The van der Waals surface area contributed by atoms with Gasteiger partial charge in [0.2, 0.25) is 0 Å². The first kappa shape index (κ1) is 20.8. The third-order valence-electron chi connectivity index (χ3n) is 6.87. The average Bonchev–Trinajstić information content (AvgIpc) is 3.27. The molecule has 0 saturated heterocycles. The standard InChI is InChI=1S/C26H27N7O/c1-16(2)32-15-28-30-24(32)21-6-5-7-23(29-21)33-25(34)19-12-18(10-11-20(19)26(33,3)4)31-13-22(27-14-31)17-8-9-17/h5-7,10-17H,8-9H2,1-4H3. The van der Waals surface area contributed by atoms with Crippen molar-refractivity contribution in [1.82, 2.24) is 29.3 Å². The Morgan fingerprint density at radius 1 is 1.09 bits per heavy atom. The van der Waals surface area contributed by atoms with Gasteiger partial charge in [-0.15, -0.1) is 10.2 Å². The summed E-state index contributed by atoms with van der Waals surface area (Å²) in [5.41, 5.74) is 3.90. The average molecular weight is 454 g/mol. The van der Waals surface area contributed by atoms with Crippen LogP contribution in [0.3, 0.4) is 0 Å². The second kappa shape index (κ2) is 7.35. The Balaban J connectivity index is 1.38. The van der Waals surface area contributed by atoms with Crippen molar-refractivity contribution in [2.45, 2.75) is 58.0 Å². The topological polar surface area (TPSA) is 81.7 Å². The van der Waals surface area contributed by atoms with Crippen molar-refractivity contribution in [1.29, 1.82) is 0 Å². The number of fused-ring (bicyclic) bond motifs is 1. The zero-order valence-corrected chi connectivity index (χ0v) is 19.8. The molecule has 0 bridgehead atoms. The first-order chi connectivity index (χ1) is 16.3. The van der Waals surface area contributed by atoms with E-state index in [4.69, 9.17) is 4.98 Å². The summed E-state index contributed by atoms with van der Waals surface area (Å²) in [5, 5.41) is 8.34. The van der Waals surface area contributed by atoms with Crippen molar-refractivity contribution in [3.63, 3.8) is 0 Å². The largest absolute Gasteiger partial charge is 0.310 e. The molecule has 6 rings (SSSR count). The molecule has 1 aliphatic carbocycles. The summed E-state index contributed by atoms with van der Waals surface area (Å²) < 4.78 is 3.99. The van der Waals surface area contributed by atoms with Crippen molar-refractivity contribution in [3.8, 4) is 17.2 Å². The lowest BCUT2D eigenvalue weighted by atomic mass is 9.93. The van der Waals surface area contributed by atoms with Gasteiger partial charge in [0, 0.05) is 29.4 Å². The van der Waals surface area contributed by atoms with Crippen molar-refractivity contribution in [2.75, 3.05) is 4.90 Å². The number of anilines is 1. The van der Waals surface area contributed by atoms with Crippen LogP contribution in [0.2, 0.25) is 0 Å². The van der Waals surface area contributed by atoms with E-state index in [0.717, 1.165) is 16.9 Å². The number of rotatable bonds is 5. The van der Waals surface area contributed by atoms with E-state index >= 15 is 0 Å². The van der Waals surface area contributed by atoms with Crippen LogP contribution >= 0.6 is 0 Å². The van der Waals surface area contributed by atoms with E-state index in [2.05, 4.69) is 61.2 Å². The van der Waals surface area contributed by atoms with Gasteiger partial charge in [0.15, 0.2) is 5.82 Å². The van der Waals surface area contributed by atoms with Crippen LogP contribution in [0.4, 0.5) is 5.82 Å². The third kappa shape index (κ3) is 3.16. The summed E-state index contributed by atoms with van der Waals surface area (Å²) in [7, 11) is 0. The molecule has 34 heavy (non-hydrogen) atoms. The molecule has 4 aromatic rings. The Morgan fingerprint density at radius 3 is 2.68 bits per heavy atom. The Kier molecular flexibility index (Phi) is 4.49. The zero-order chi connectivity index (χ0) is 23.6. The minimum absolute atomic E-state index is 0.0561. The van der Waals surface area contributed by atoms with E-state index in [0.29, 0.717) is 28.8 Å². The fourth-order valence-electron chi connectivity index (χ4n) is 4.83. The minimum atomic E-state index is -0.545. The number of carbonyl (C=O) groups excluding carboxylic acids is 1. The Bertz CT molecular complexity index is 1410. The molecule has 1 amide bonds. The molecule has 2 aliphatic rings. The lowest BCUT2D eigenvalue weighted by Gasteiger charge is -2.31. The summed E-state index contributed by atoms with van der Waals surface area (Å²) in [6.45, 7) is 8.27. The molecule has 0 spiro atoms. The minimum Gasteiger partial charge on any atom is -0.310 e. The molecular formula is C26H27N7O. The third-order valence-corrected chi connectivity index (χ3v) is 6.87. The van der Waals surface area contributed by atoms with Gasteiger partial charge >= 0.3 is 0 Å². The van der Waals surface area contributed by atoms with Crippen molar-refractivity contribution in [2.24, 2.45) is 0 Å². The predicted molar refractivity (Wildman–Crippen MR) is 129 cm³/mol. The number of pyridine rings is 1. The molecular weight excluding hydrogens is 426 g/mol. The van der Waals surface area contributed by atoms with E-state index < -0.39 is 5.54 Å². The summed E-state index contributed by atoms with van der Waals surface area (Å²) >= 11 is 0. The van der Waals surface area contributed by atoms with Crippen molar-refractivity contribution in [3.05, 3.63) is 72.1 Å². The number of nitrogens with zero attached hydrogens (tertiary/aromatic N) is 7. The van der Waals surface area contributed by atoms with Crippen LogP contribution in [-0.2, 0) is 5.54 Å². The van der Waals surface area contributed by atoms with Crippen LogP contribution in [-0.4, -0.2) is 35.2 Å². The van der Waals surface area contributed by atoms with Gasteiger partial charge in [0.05, 0.1) is 17.6 Å². The Morgan fingerprint density at radius 2 is 1.91 bits per heavy atom. The fraction of sp³-hybridized carbons (Fsp3) is 0.346. The molecule has 0 radical (unpaired) electrons. The van der Waals surface area contributed by atoms with Gasteiger partial charge in [-0.05, 0) is 70.4 Å². The first-order valence-corrected chi connectivity index (χ1v) is 11.7. The monoisotopic (exact) mass is 453 g/mol. The van der Waals surface area contributed by atoms with Gasteiger partial charge < -0.3 is 9.13 Å². The van der Waals surface area contributed by atoms with Crippen LogP contribution < -0.4 is 4.90 Å². The molecule has 8 heteroatoms. The summed E-state index contributed by atoms with van der Waals surface area (Å²) in [5.74, 6) is 1.82. The van der Waals surface area contributed by atoms with E-state index in [1.807, 2.05) is 39.7 Å². The molecule has 0 N–H and O–H groups in total. The molecule has 0 unspecified atom stereocenters. The summed E-state index contributed by atoms with van der Waals surface area (Å²) in [6, 6.07) is 12.0. The van der Waals surface area contributed by atoms with Crippen molar-refractivity contribution < 1.29 is 4.79 Å². The molecule has 3 aromatic heterocycles. The van der Waals surface area contributed by atoms with Gasteiger partial charge in [-0.2, -0.15) is 0 Å². The first-order valence-electron chi connectivity index (χ1n) is 11.7. The summed E-state index contributed by atoms with van der Waals surface area (Å²) in [4.78, 5) is 24.9. The molecule has 1 saturated carbocycles. The van der Waals surface area contributed by atoms with E-state index in [-0.39, 0.29) is 11.9 Å². The van der Waals surface area contributed by atoms with Crippen LogP contribution in [0, 0.1) is 0 Å². The summed E-state index contributed by atoms with van der Waals surface area (Å²) in [6.07, 6.45) is 8.05. The Labute approximate surface area is 198 Å². The van der Waals surface area contributed by atoms with E-state index in [9.17, 15) is 4.79 Å². The lowest BCUT2D eigenvalue weighted by Crippen LogP contribution is -2.39. The molecule has 4 heterocycles. The van der Waals surface area contributed by atoms with Crippen molar-refractivity contribution >= 4 is 11.7 Å². The molecule has 0 atom stereocenters. The predicted octanol–water partition coefficient (Wildman–Crippen LogP) is 4.88. The highest BCUT2D eigenvalue weighted by molar-refractivity contribution is 6.11. The van der Waals surface area contributed by atoms with Crippen LogP contribution in [0.25, 0.3) is 17.2 Å². The van der Waals surface area contributed by atoms with Crippen LogP contribution in [0.1, 0.15) is 74.1 Å². The zero-order valence-electron chi connectivity index (χ0n) is 19.8. The van der Waals surface area contributed by atoms with Gasteiger partial charge in [-0.25, -0.2) is 9.97 Å². The molecule has 8 nitrogen and oxygen atoms in total. The maximum absolute atomic E-state index is 13.7. The number of benzene rings is 1. The quantitative estimate of drug-likeness (QED) is 0.430. The SMILES string of the molecule is CC(C)n1cnnc1-c1cccc(N2C(=O)c3cc(-n4cnc(C5CC5)c4)ccc3C2(C)C)n1. The van der Waals surface area contributed by atoms with Gasteiger partial charge in [0.25, 0.3) is 5.91 Å². The van der Waals surface area contributed by atoms with Gasteiger partial charge in [-0.3, -0.25) is 9.69 Å². The number of amides is 1. The smallest absolute Gasteiger partial charge is 0.260 e.